The highest BCUT2D eigenvalue weighted by molar-refractivity contribution is 5.90. The van der Waals surface area contributed by atoms with Gasteiger partial charge in [0.2, 0.25) is 0 Å². The van der Waals surface area contributed by atoms with Crippen molar-refractivity contribution in [2.75, 3.05) is 11.5 Å². The van der Waals surface area contributed by atoms with Crippen LogP contribution in [0.15, 0.2) is 47.6 Å². The Morgan fingerprint density at radius 2 is 0.929 bits per heavy atom. The van der Waals surface area contributed by atoms with Gasteiger partial charge in [-0.05, 0) is 47.7 Å². The number of nitrogens with two attached hydrogens (primary N) is 2. The normalized spacial score (nSPS) is 18.2. The zero-order valence-electron chi connectivity index (χ0n) is 18.4. The Kier molecular flexibility index (Phi) is 5.36. The van der Waals surface area contributed by atoms with Gasteiger partial charge in [-0.1, -0.05) is 89.1 Å². The van der Waals surface area contributed by atoms with Gasteiger partial charge < -0.3 is 11.5 Å². The van der Waals surface area contributed by atoms with Crippen LogP contribution >= 0.6 is 0 Å². The molecule has 2 nitrogen and oxygen atoms in total. The van der Waals surface area contributed by atoms with E-state index in [1.54, 1.807) is 0 Å². The van der Waals surface area contributed by atoms with E-state index in [0.29, 0.717) is 0 Å². The number of anilines is 2. The third kappa shape index (κ3) is 4.11. The maximum absolute atomic E-state index is 6.51. The van der Waals surface area contributed by atoms with E-state index in [2.05, 4.69) is 78.0 Å². The Hall–Kier alpha value is -2.22. The molecule has 0 fully saturated rings. The lowest BCUT2D eigenvalue weighted by Gasteiger charge is -2.27. The molecule has 2 aliphatic carbocycles. The summed E-state index contributed by atoms with van der Waals surface area (Å²) in [4.78, 5) is 0. The second-order valence-electron chi connectivity index (χ2n) is 10.3. The molecule has 0 heterocycles. The highest BCUT2D eigenvalue weighted by atomic mass is 14.7. The number of nitrogen functional groups attached to an aromatic ring is 2. The van der Waals surface area contributed by atoms with Crippen molar-refractivity contribution in [3.63, 3.8) is 0 Å². The van der Waals surface area contributed by atoms with E-state index in [1.807, 2.05) is 0 Å². The van der Waals surface area contributed by atoms with Gasteiger partial charge in [-0.25, -0.2) is 0 Å². The second kappa shape index (κ2) is 7.31. The maximum Gasteiger partial charge on any atom is 0.0630 e. The van der Waals surface area contributed by atoms with Crippen LogP contribution in [-0.2, 0) is 0 Å². The molecule has 0 bridgehead atoms. The molecule has 0 radical (unpaired) electrons. The van der Waals surface area contributed by atoms with Crippen LogP contribution in [0.5, 0.6) is 0 Å². The first-order chi connectivity index (χ1) is 13.0. The van der Waals surface area contributed by atoms with Crippen LogP contribution in [0.4, 0.5) is 11.4 Å². The molecule has 3 rings (SSSR count). The van der Waals surface area contributed by atoms with Crippen molar-refractivity contribution >= 4 is 22.5 Å². The van der Waals surface area contributed by atoms with Gasteiger partial charge in [-0.3, -0.25) is 0 Å². The molecule has 4 N–H and O–H groups in total. The van der Waals surface area contributed by atoms with Gasteiger partial charge in [0.15, 0.2) is 0 Å². The first-order valence-electron chi connectivity index (χ1n) is 10.5. The fraction of sp³-hybridized carbons (Fsp3) is 0.462. The zero-order valence-corrected chi connectivity index (χ0v) is 18.4. The van der Waals surface area contributed by atoms with Crippen LogP contribution in [0, 0.1) is 10.8 Å². The highest BCUT2D eigenvalue weighted by Crippen LogP contribution is 2.42. The minimum Gasteiger partial charge on any atom is -0.397 e. The zero-order chi connectivity index (χ0) is 20.7. The van der Waals surface area contributed by atoms with Crippen molar-refractivity contribution < 1.29 is 0 Å². The third-order valence-corrected chi connectivity index (χ3v) is 6.20. The van der Waals surface area contributed by atoms with Gasteiger partial charge >= 0.3 is 0 Å². The number of hydrogen-bond donors (Lipinski definition) is 2. The van der Waals surface area contributed by atoms with E-state index < -0.39 is 0 Å². The summed E-state index contributed by atoms with van der Waals surface area (Å²) >= 11 is 0. The van der Waals surface area contributed by atoms with E-state index >= 15 is 0 Å². The van der Waals surface area contributed by atoms with Crippen LogP contribution in [0.1, 0.15) is 78.4 Å². The lowest BCUT2D eigenvalue weighted by Crippen LogP contribution is -2.12. The predicted octanol–water partition coefficient (Wildman–Crippen LogP) is 7.15. The van der Waals surface area contributed by atoms with E-state index in [0.717, 1.165) is 48.2 Å². The maximum atomic E-state index is 6.51. The van der Waals surface area contributed by atoms with E-state index in [4.69, 9.17) is 11.5 Å². The predicted molar refractivity (Wildman–Crippen MR) is 125 cm³/mol. The smallest absolute Gasteiger partial charge is 0.0630 e. The van der Waals surface area contributed by atoms with Crippen molar-refractivity contribution in [3.8, 4) is 0 Å². The summed E-state index contributed by atoms with van der Waals surface area (Å²) in [5.74, 6) is 0. The van der Waals surface area contributed by atoms with Crippen LogP contribution in [0.3, 0.4) is 0 Å². The van der Waals surface area contributed by atoms with Crippen LogP contribution < -0.4 is 11.5 Å². The number of rotatable bonds is 2. The Morgan fingerprint density at radius 1 is 0.571 bits per heavy atom. The largest absolute Gasteiger partial charge is 0.397 e. The summed E-state index contributed by atoms with van der Waals surface area (Å²) in [6.45, 7) is 13.6. The monoisotopic (exact) mass is 376 g/mol. The molecule has 0 amide bonds. The lowest BCUT2D eigenvalue weighted by molar-refractivity contribution is 0.482. The quantitative estimate of drug-likeness (QED) is 0.538. The van der Waals surface area contributed by atoms with Gasteiger partial charge in [0.25, 0.3) is 0 Å². The molecular formula is C26H36N2. The summed E-state index contributed by atoms with van der Waals surface area (Å²) < 4.78 is 0. The van der Waals surface area contributed by atoms with Gasteiger partial charge in [-0.2, -0.15) is 0 Å². The number of benzene rings is 1. The molecule has 0 atom stereocenters. The Bertz CT molecular complexity index is 819. The highest BCUT2D eigenvalue weighted by Gasteiger charge is 2.23. The average molecular weight is 377 g/mol. The summed E-state index contributed by atoms with van der Waals surface area (Å²) in [7, 11) is 0. The minimum absolute atomic E-state index is 0.226. The average Bonchev–Trinajstić information content (AvgIpc) is 2.63. The van der Waals surface area contributed by atoms with Gasteiger partial charge in [-0.15, -0.1) is 0 Å². The van der Waals surface area contributed by atoms with Crippen LogP contribution in [0.25, 0.3) is 11.1 Å². The molecule has 0 saturated heterocycles. The van der Waals surface area contributed by atoms with E-state index in [1.165, 1.54) is 22.3 Å². The molecule has 1 aromatic rings. The first-order valence-corrected chi connectivity index (χ1v) is 10.5. The molecule has 0 spiro atoms. The van der Waals surface area contributed by atoms with Gasteiger partial charge in [0, 0.05) is 11.1 Å². The summed E-state index contributed by atoms with van der Waals surface area (Å²) in [5, 5.41) is 0. The lowest BCUT2D eigenvalue weighted by atomic mass is 9.78. The molecule has 2 heteroatoms. The van der Waals surface area contributed by atoms with E-state index in [-0.39, 0.29) is 10.8 Å². The van der Waals surface area contributed by atoms with E-state index in [9.17, 15) is 0 Å². The molecule has 28 heavy (non-hydrogen) atoms. The molecule has 1 aromatic carbocycles. The molecule has 0 unspecified atom stereocenters. The van der Waals surface area contributed by atoms with Crippen molar-refractivity contribution in [1.29, 1.82) is 0 Å². The van der Waals surface area contributed by atoms with Gasteiger partial charge in [0.1, 0.15) is 0 Å². The molecule has 0 saturated carbocycles. The van der Waals surface area contributed by atoms with Crippen molar-refractivity contribution in [1.82, 2.24) is 0 Å². The second-order valence-corrected chi connectivity index (χ2v) is 10.3. The molecule has 0 aliphatic heterocycles. The van der Waals surface area contributed by atoms with Crippen LogP contribution in [0.2, 0.25) is 0 Å². The molecule has 2 aliphatic rings. The molecule has 150 valence electrons. The standard InChI is InChI=1S/C26H36N2/c1-25(2,3)19-11-7-17(8-12-19)21-15-16-22(24(28)23(21)27)18-9-13-20(14-10-18)26(4,5)6/h7,9,11,13,15-16H,8,10,12,14,27-28H2,1-6H3. The first kappa shape index (κ1) is 20.5. The fourth-order valence-electron chi connectivity index (χ4n) is 4.17. The number of hydrogen-bond acceptors (Lipinski definition) is 2. The Labute approximate surface area is 171 Å². The summed E-state index contributed by atoms with van der Waals surface area (Å²) in [5.41, 5.74) is 22.7. The topological polar surface area (TPSA) is 52.0 Å². The molecule has 0 aromatic heterocycles. The SMILES string of the molecule is CC(C)(C)C1=CC=C(c2ccc(C3=CC=C(C(C)(C)C)CC3)c(N)c2N)CC1. The summed E-state index contributed by atoms with van der Waals surface area (Å²) in [6, 6.07) is 4.32. The summed E-state index contributed by atoms with van der Waals surface area (Å²) in [6.07, 6.45) is 13.2. The third-order valence-electron chi connectivity index (χ3n) is 6.20. The fourth-order valence-corrected chi connectivity index (χ4v) is 4.17. The van der Waals surface area contributed by atoms with Crippen molar-refractivity contribution in [3.05, 3.63) is 58.7 Å². The molecular weight excluding hydrogens is 340 g/mol. The van der Waals surface area contributed by atoms with Gasteiger partial charge in [0.05, 0.1) is 11.4 Å². The van der Waals surface area contributed by atoms with Crippen LogP contribution in [-0.4, -0.2) is 0 Å². The minimum atomic E-state index is 0.226. The van der Waals surface area contributed by atoms with Crippen molar-refractivity contribution in [2.24, 2.45) is 10.8 Å². The Morgan fingerprint density at radius 3 is 1.18 bits per heavy atom. The van der Waals surface area contributed by atoms with Crippen molar-refractivity contribution in [2.45, 2.75) is 67.2 Å². The number of allylic oxidation sites excluding steroid dienone is 8. The Balaban J connectivity index is 1.92.